The van der Waals surface area contributed by atoms with Gasteiger partial charge in [0.25, 0.3) is 0 Å². The normalized spacial score (nSPS) is 18.6. The molecule has 0 saturated carbocycles. The van der Waals surface area contributed by atoms with Gasteiger partial charge in [-0.05, 0) is 48.9 Å². The molecule has 0 spiro atoms. The van der Waals surface area contributed by atoms with Gasteiger partial charge in [0, 0.05) is 17.6 Å². The van der Waals surface area contributed by atoms with E-state index >= 15 is 0 Å². The number of aliphatic hydroxyl groups excluding tert-OH is 1. The molecule has 0 saturated heterocycles. The summed E-state index contributed by atoms with van der Waals surface area (Å²) in [4.78, 5) is 11.5. The van der Waals surface area contributed by atoms with Gasteiger partial charge in [-0.2, -0.15) is 0 Å². The van der Waals surface area contributed by atoms with Gasteiger partial charge < -0.3 is 15.2 Å². The zero-order valence-electron chi connectivity index (χ0n) is 18.1. The van der Waals surface area contributed by atoms with Crippen molar-refractivity contribution in [2.24, 2.45) is 0 Å². The molecule has 3 aromatic carbocycles. The lowest BCUT2D eigenvalue weighted by atomic mass is 9.84. The molecule has 0 fully saturated rings. The van der Waals surface area contributed by atoms with E-state index < -0.39 is 11.0 Å². The number of benzene rings is 3. The summed E-state index contributed by atoms with van der Waals surface area (Å²) in [7, 11) is 0. The molecule has 0 heterocycles. The Morgan fingerprint density at radius 3 is 2.38 bits per heavy atom. The smallest absolute Gasteiger partial charge is 0.314 e. The Balaban J connectivity index is 1.49. The van der Waals surface area contributed by atoms with Gasteiger partial charge in [0.15, 0.2) is 5.75 Å². The number of nitrogens with zero attached hydrogens (tertiary/aromatic N) is 1. The van der Waals surface area contributed by atoms with Crippen molar-refractivity contribution in [2.45, 2.75) is 51.0 Å². The number of aliphatic hydroxyl groups is 1. The first-order valence-electron chi connectivity index (χ1n) is 11.0. The van der Waals surface area contributed by atoms with Gasteiger partial charge in [0.05, 0.1) is 11.0 Å². The third kappa shape index (κ3) is 4.98. The summed E-state index contributed by atoms with van der Waals surface area (Å²) in [6.45, 7) is 2.35. The molecule has 3 aromatic rings. The molecule has 3 unspecified atom stereocenters. The van der Waals surface area contributed by atoms with Crippen molar-refractivity contribution in [2.75, 3.05) is 0 Å². The average molecular weight is 433 g/mol. The van der Waals surface area contributed by atoms with Crippen molar-refractivity contribution in [3.05, 3.63) is 105 Å². The molecule has 6 nitrogen and oxygen atoms in total. The monoisotopic (exact) mass is 432 g/mol. The predicted octanol–water partition coefficient (Wildman–Crippen LogP) is 4.74. The third-order valence-electron chi connectivity index (χ3n) is 5.99. The van der Waals surface area contributed by atoms with Crippen molar-refractivity contribution < 1.29 is 14.8 Å². The number of hydrogen-bond donors (Lipinski definition) is 2. The third-order valence-corrected chi connectivity index (χ3v) is 5.99. The van der Waals surface area contributed by atoms with Crippen molar-refractivity contribution in [3.63, 3.8) is 0 Å². The molecule has 0 aromatic heterocycles. The number of rotatable bonds is 8. The maximum Gasteiger partial charge on any atom is 0.314 e. The Labute approximate surface area is 188 Å². The van der Waals surface area contributed by atoms with E-state index in [1.54, 1.807) is 12.1 Å². The van der Waals surface area contributed by atoms with Gasteiger partial charge in [-0.25, -0.2) is 0 Å². The second-order valence-corrected chi connectivity index (χ2v) is 8.36. The van der Waals surface area contributed by atoms with E-state index in [0.29, 0.717) is 24.0 Å². The quantitative estimate of drug-likeness (QED) is 0.397. The summed E-state index contributed by atoms with van der Waals surface area (Å²) in [5, 5.41) is 26.4. The molecule has 0 radical (unpaired) electrons. The predicted molar refractivity (Wildman–Crippen MR) is 124 cm³/mol. The number of ether oxygens (including phenoxy) is 1. The maximum atomic E-state index is 11.9. The Bertz CT molecular complexity index is 1060. The van der Waals surface area contributed by atoms with Crippen LogP contribution < -0.4 is 10.1 Å². The van der Waals surface area contributed by atoms with Crippen LogP contribution in [0.15, 0.2) is 72.8 Å². The maximum absolute atomic E-state index is 11.9. The van der Waals surface area contributed by atoms with Gasteiger partial charge in [-0.3, -0.25) is 10.1 Å². The summed E-state index contributed by atoms with van der Waals surface area (Å²) < 4.78 is 5.80. The highest BCUT2D eigenvalue weighted by atomic mass is 16.6. The van der Waals surface area contributed by atoms with E-state index in [2.05, 4.69) is 24.4 Å². The molecule has 2 N–H and O–H groups in total. The summed E-state index contributed by atoms with van der Waals surface area (Å²) >= 11 is 0. The lowest BCUT2D eigenvalue weighted by Gasteiger charge is -2.33. The van der Waals surface area contributed by atoms with E-state index in [1.165, 1.54) is 5.56 Å². The van der Waals surface area contributed by atoms with Crippen molar-refractivity contribution in [1.29, 1.82) is 0 Å². The fraction of sp³-hybridized carbons (Fsp3) is 0.308. The highest BCUT2D eigenvalue weighted by molar-refractivity contribution is 5.58. The Kier molecular flexibility index (Phi) is 6.83. The Morgan fingerprint density at radius 2 is 1.72 bits per heavy atom. The van der Waals surface area contributed by atoms with E-state index in [9.17, 15) is 15.2 Å². The summed E-state index contributed by atoms with van der Waals surface area (Å²) in [6.07, 6.45) is 1.18. The Hall–Kier alpha value is -3.22. The molecular weight excluding hydrogens is 404 g/mol. The van der Waals surface area contributed by atoms with Crippen LogP contribution in [0.5, 0.6) is 5.75 Å². The second-order valence-electron chi connectivity index (χ2n) is 8.36. The van der Waals surface area contributed by atoms with Crippen LogP contribution in [-0.4, -0.2) is 22.1 Å². The van der Waals surface area contributed by atoms with Crippen LogP contribution in [-0.2, 0) is 19.4 Å². The number of nitrogens with one attached hydrogen (secondary N) is 1. The molecule has 0 amide bonds. The zero-order valence-corrected chi connectivity index (χ0v) is 18.1. The highest BCUT2D eigenvalue weighted by Gasteiger charge is 2.35. The van der Waals surface area contributed by atoms with Crippen LogP contribution in [0.3, 0.4) is 0 Å². The van der Waals surface area contributed by atoms with Crippen LogP contribution in [0.2, 0.25) is 0 Å². The van der Waals surface area contributed by atoms with E-state index in [4.69, 9.17) is 4.74 Å². The van der Waals surface area contributed by atoms with Crippen molar-refractivity contribution in [1.82, 2.24) is 5.32 Å². The summed E-state index contributed by atoms with van der Waals surface area (Å²) in [6, 6.07) is 23.2. The van der Waals surface area contributed by atoms with Crippen LogP contribution in [0, 0.1) is 10.1 Å². The van der Waals surface area contributed by atoms with Gasteiger partial charge in [0.2, 0.25) is 0 Å². The largest absolute Gasteiger partial charge is 0.482 e. The highest BCUT2D eigenvalue weighted by Crippen LogP contribution is 2.41. The first-order valence-corrected chi connectivity index (χ1v) is 11.0. The Morgan fingerprint density at radius 1 is 1.06 bits per heavy atom. The summed E-state index contributed by atoms with van der Waals surface area (Å²) in [5.74, 6) is 0.244. The number of hydrogen-bond acceptors (Lipinski definition) is 5. The molecule has 166 valence electrons. The molecule has 0 aliphatic heterocycles. The molecule has 3 atom stereocenters. The standard InChI is InChI=1S/C26H28N2O4/c1-18(16-19-8-4-2-5-9-19)27-23-14-12-21-22(26(23)29)13-15-24(25(21)28(30)31)32-17-20-10-6-3-7-11-20/h2-11,13,15,18,23,26-27,29H,12,14,16-17H2,1H3. The van der Waals surface area contributed by atoms with E-state index in [-0.39, 0.29) is 30.1 Å². The second kappa shape index (κ2) is 9.94. The minimum atomic E-state index is -0.807. The van der Waals surface area contributed by atoms with E-state index in [0.717, 1.165) is 12.0 Å². The number of fused-ring (bicyclic) bond motifs is 1. The molecule has 6 heteroatoms. The number of nitro groups is 1. The SMILES string of the molecule is CC(Cc1ccccc1)NC1CCc2c(ccc(OCc3ccccc3)c2[N+](=O)[O-])C1O. The van der Waals surface area contributed by atoms with Crippen LogP contribution in [0.4, 0.5) is 5.69 Å². The topological polar surface area (TPSA) is 84.6 Å². The van der Waals surface area contributed by atoms with E-state index in [1.807, 2.05) is 48.5 Å². The minimum Gasteiger partial charge on any atom is -0.482 e. The van der Waals surface area contributed by atoms with Gasteiger partial charge >= 0.3 is 5.69 Å². The lowest BCUT2D eigenvalue weighted by Crippen LogP contribution is -2.44. The van der Waals surface area contributed by atoms with Crippen LogP contribution in [0.25, 0.3) is 0 Å². The summed E-state index contributed by atoms with van der Waals surface area (Å²) in [5.41, 5.74) is 3.32. The van der Waals surface area contributed by atoms with Gasteiger partial charge in [-0.1, -0.05) is 66.7 Å². The fourth-order valence-corrected chi connectivity index (χ4v) is 4.46. The first-order chi connectivity index (χ1) is 15.5. The fourth-order valence-electron chi connectivity index (χ4n) is 4.46. The van der Waals surface area contributed by atoms with Crippen molar-refractivity contribution >= 4 is 5.69 Å². The number of nitro benzene ring substituents is 1. The minimum absolute atomic E-state index is 0.0340. The lowest BCUT2D eigenvalue weighted by molar-refractivity contribution is -0.386. The molecule has 1 aliphatic rings. The zero-order chi connectivity index (χ0) is 22.5. The molecular formula is C26H28N2O4. The van der Waals surface area contributed by atoms with Gasteiger partial charge in [-0.15, -0.1) is 0 Å². The molecule has 1 aliphatic carbocycles. The molecule has 4 rings (SSSR count). The average Bonchev–Trinajstić information content (AvgIpc) is 2.80. The van der Waals surface area contributed by atoms with Gasteiger partial charge in [0.1, 0.15) is 6.61 Å². The van der Waals surface area contributed by atoms with Crippen LogP contribution >= 0.6 is 0 Å². The first kappa shape index (κ1) is 22.0. The molecule has 32 heavy (non-hydrogen) atoms. The van der Waals surface area contributed by atoms with Crippen molar-refractivity contribution in [3.8, 4) is 5.75 Å². The van der Waals surface area contributed by atoms with Crippen LogP contribution in [0.1, 0.15) is 41.7 Å². The molecule has 0 bridgehead atoms.